The molecule has 1 aliphatic rings. The van der Waals surface area contributed by atoms with Gasteiger partial charge in [0.1, 0.15) is 11.9 Å². The number of anilines is 1. The minimum absolute atomic E-state index is 0.205. The molecule has 0 unspecified atom stereocenters. The molecule has 0 saturated heterocycles. The molecule has 0 radical (unpaired) electrons. The van der Waals surface area contributed by atoms with Crippen molar-refractivity contribution in [3.63, 3.8) is 0 Å². The minimum Gasteiger partial charge on any atom is -0.371 e. The lowest BCUT2D eigenvalue weighted by molar-refractivity contribution is -0.179. The summed E-state index contributed by atoms with van der Waals surface area (Å²) in [5.41, 5.74) is 3.59. The molecule has 0 aliphatic carbocycles. The van der Waals surface area contributed by atoms with E-state index < -0.39 is 11.9 Å². The molecule has 176 valence electrons. The first-order valence-electron chi connectivity index (χ1n) is 10.3. The SMILES string of the molecule is CO[C@@H](CCNC(=O)c1c(C)[nH]c(/C=C2\C(=O)Nc3ccc(F)cc32)c1C)C(=O)N(C)OC. The summed E-state index contributed by atoms with van der Waals surface area (Å²) in [7, 11) is 4.27. The van der Waals surface area contributed by atoms with Crippen LogP contribution in [-0.2, 0) is 19.2 Å². The van der Waals surface area contributed by atoms with Crippen LogP contribution in [0.25, 0.3) is 11.6 Å². The average molecular weight is 458 g/mol. The normalized spacial score (nSPS) is 14.7. The van der Waals surface area contributed by atoms with Crippen LogP contribution in [0.4, 0.5) is 10.1 Å². The summed E-state index contributed by atoms with van der Waals surface area (Å²) in [4.78, 5) is 45.4. The van der Waals surface area contributed by atoms with Crippen LogP contribution < -0.4 is 10.6 Å². The Hall–Kier alpha value is -3.50. The predicted octanol–water partition coefficient (Wildman–Crippen LogP) is 2.42. The van der Waals surface area contributed by atoms with Crippen molar-refractivity contribution in [3.8, 4) is 0 Å². The van der Waals surface area contributed by atoms with Crippen LogP contribution in [0.15, 0.2) is 18.2 Å². The fourth-order valence-electron chi connectivity index (χ4n) is 3.75. The molecular formula is C23H27FN4O5. The number of fused-ring (bicyclic) bond motifs is 1. The van der Waals surface area contributed by atoms with E-state index in [2.05, 4.69) is 15.6 Å². The molecule has 10 heteroatoms. The Kier molecular flexibility index (Phi) is 7.29. The quantitative estimate of drug-likeness (QED) is 0.415. The van der Waals surface area contributed by atoms with Gasteiger partial charge in [-0.2, -0.15) is 0 Å². The number of likely N-dealkylation sites (N-methyl/N-ethyl adjacent to an activating group) is 1. The Morgan fingerprint density at radius 3 is 2.67 bits per heavy atom. The molecule has 1 aromatic heterocycles. The second-order valence-electron chi connectivity index (χ2n) is 7.65. The molecule has 0 bridgehead atoms. The van der Waals surface area contributed by atoms with Crippen molar-refractivity contribution < 1.29 is 28.3 Å². The fraction of sp³-hybridized carbons (Fsp3) is 0.348. The average Bonchev–Trinajstić information content (AvgIpc) is 3.24. The summed E-state index contributed by atoms with van der Waals surface area (Å²) < 4.78 is 18.9. The standard InChI is InChI=1S/C23H27FN4O5/c1-12-18(11-16-15-10-14(24)6-7-17(15)27-21(16)29)26-13(2)20(12)22(30)25-9-8-19(32-4)23(31)28(3)33-5/h6-7,10-11,19,26H,8-9H2,1-5H3,(H,25,30)(H,27,29)/b16-11-/t19-/m0/s1. The van der Waals surface area contributed by atoms with Crippen LogP contribution in [0.5, 0.6) is 0 Å². The number of ether oxygens (including phenoxy) is 1. The molecule has 2 aromatic rings. The third kappa shape index (κ3) is 4.96. The minimum atomic E-state index is -0.759. The number of methoxy groups -OCH3 is 1. The number of amides is 3. The molecule has 9 nitrogen and oxygen atoms in total. The zero-order valence-electron chi connectivity index (χ0n) is 19.2. The zero-order chi connectivity index (χ0) is 24.3. The van der Waals surface area contributed by atoms with Crippen molar-refractivity contribution in [1.82, 2.24) is 15.4 Å². The summed E-state index contributed by atoms with van der Waals surface area (Å²) in [5.74, 6) is -1.47. The van der Waals surface area contributed by atoms with Gasteiger partial charge in [-0.1, -0.05) is 0 Å². The number of rotatable bonds is 8. The van der Waals surface area contributed by atoms with Gasteiger partial charge in [0.15, 0.2) is 0 Å². The van der Waals surface area contributed by atoms with Crippen molar-refractivity contribution in [2.24, 2.45) is 0 Å². The fourth-order valence-corrected chi connectivity index (χ4v) is 3.75. The molecular weight excluding hydrogens is 431 g/mol. The van der Waals surface area contributed by atoms with Gasteiger partial charge < -0.3 is 20.4 Å². The number of nitrogens with zero attached hydrogens (tertiary/aromatic N) is 1. The van der Waals surface area contributed by atoms with Crippen molar-refractivity contribution in [1.29, 1.82) is 0 Å². The molecule has 1 atom stereocenters. The van der Waals surface area contributed by atoms with E-state index in [1.54, 1.807) is 19.9 Å². The Morgan fingerprint density at radius 2 is 2.00 bits per heavy atom. The molecule has 0 spiro atoms. The van der Waals surface area contributed by atoms with Crippen LogP contribution in [0.3, 0.4) is 0 Å². The van der Waals surface area contributed by atoms with Crippen molar-refractivity contribution in [2.75, 3.05) is 33.1 Å². The Labute approximate surface area is 190 Å². The summed E-state index contributed by atoms with van der Waals surface area (Å²) in [6.07, 6.45) is 1.11. The summed E-state index contributed by atoms with van der Waals surface area (Å²) in [6, 6.07) is 4.09. The first kappa shape index (κ1) is 24.1. The molecule has 0 fully saturated rings. The van der Waals surface area contributed by atoms with E-state index in [9.17, 15) is 18.8 Å². The number of carbonyl (C=O) groups excluding carboxylic acids is 3. The predicted molar refractivity (Wildman–Crippen MR) is 121 cm³/mol. The number of halogens is 1. The van der Waals surface area contributed by atoms with Gasteiger partial charge in [-0.25, -0.2) is 9.45 Å². The van der Waals surface area contributed by atoms with E-state index in [0.29, 0.717) is 39.3 Å². The lowest BCUT2D eigenvalue weighted by Gasteiger charge is -2.20. The molecule has 2 heterocycles. The number of aromatic amines is 1. The molecule has 0 saturated carbocycles. The summed E-state index contributed by atoms with van der Waals surface area (Å²) in [5, 5.41) is 6.57. The highest BCUT2D eigenvalue weighted by atomic mass is 19.1. The van der Waals surface area contributed by atoms with Gasteiger partial charge in [0.05, 0.1) is 18.2 Å². The topological polar surface area (TPSA) is 113 Å². The third-order valence-electron chi connectivity index (χ3n) is 5.59. The van der Waals surface area contributed by atoms with Crippen LogP contribution >= 0.6 is 0 Å². The Morgan fingerprint density at radius 1 is 1.27 bits per heavy atom. The van der Waals surface area contributed by atoms with Gasteiger partial charge in [-0.3, -0.25) is 19.2 Å². The van der Waals surface area contributed by atoms with Crippen LogP contribution in [0.1, 0.15) is 39.3 Å². The van der Waals surface area contributed by atoms with Gasteiger partial charge >= 0.3 is 0 Å². The zero-order valence-corrected chi connectivity index (χ0v) is 19.2. The van der Waals surface area contributed by atoms with Crippen molar-refractivity contribution >= 4 is 35.1 Å². The molecule has 1 aliphatic heterocycles. The first-order chi connectivity index (χ1) is 15.7. The monoisotopic (exact) mass is 458 g/mol. The van der Waals surface area contributed by atoms with E-state index >= 15 is 0 Å². The highest BCUT2D eigenvalue weighted by Crippen LogP contribution is 2.34. The van der Waals surface area contributed by atoms with Crippen LogP contribution in [-0.4, -0.2) is 61.7 Å². The number of hydrogen-bond acceptors (Lipinski definition) is 5. The van der Waals surface area contributed by atoms with Crippen molar-refractivity contribution in [2.45, 2.75) is 26.4 Å². The maximum absolute atomic E-state index is 13.7. The largest absolute Gasteiger partial charge is 0.371 e. The lowest BCUT2D eigenvalue weighted by Crippen LogP contribution is -2.39. The number of nitrogens with one attached hydrogen (secondary N) is 3. The number of H-pyrrole nitrogens is 1. The second-order valence-corrected chi connectivity index (χ2v) is 7.65. The van der Waals surface area contributed by atoms with Gasteiger partial charge in [-0.15, -0.1) is 0 Å². The van der Waals surface area contributed by atoms with Gasteiger partial charge in [0.2, 0.25) is 0 Å². The molecule has 33 heavy (non-hydrogen) atoms. The van der Waals surface area contributed by atoms with E-state index in [4.69, 9.17) is 9.57 Å². The van der Waals surface area contributed by atoms with Crippen LogP contribution in [0, 0.1) is 19.7 Å². The van der Waals surface area contributed by atoms with E-state index in [0.717, 1.165) is 5.06 Å². The first-order valence-corrected chi connectivity index (χ1v) is 10.3. The van der Waals surface area contributed by atoms with Gasteiger partial charge in [0, 0.05) is 49.8 Å². The number of hydroxylamine groups is 2. The molecule has 3 N–H and O–H groups in total. The molecule has 3 rings (SSSR count). The molecule has 1 aromatic carbocycles. The summed E-state index contributed by atoms with van der Waals surface area (Å²) >= 11 is 0. The number of aryl methyl sites for hydroxylation is 1. The molecule has 3 amide bonds. The van der Waals surface area contributed by atoms with Crippen molar-refractivity contribution in [3.05, 3.63) is 52.1 Å². The highest BCUT2D eigenvalue weighted by molar-refractivity contribution is 6.34. The van der Waals surface area contributed by atoms with Crippen LogP contribution in [0.2, 0.25) is 0 Å². The lowest BCUT2D eigenvalue weighted by atomic mass is 10.0. The van der Waals surface area contributed by atoms with E-state index in [1.807, 2.05) is 0 Å². The smallest absolute Gasteiger partial charge is 0.274 e. The van der Waals surface area contributed by atoms with E-state index in [-0.39, 0.29) is 30.7 Å². The number of benzene rings is 1. The maximum atomic E-state index is 13.7. The third-order valence-corrected chi connectivity index (χ3v) is 5.59. The highest BCUT2D eigenvalue weighted by Gasteiger charge is 2.26. The number of hydrogen-bond donors (Lipinski definition) is 3. The number of carbonyl (C=O) groups is 3. The van der Waals surface area contributed by atoms with Gasteiger partial charge in [0.25, 0.3) is 17.7 Å². The Bertz CT molecular complexity index is 1120. The Balaban J connectivity index is 1.75. The maximum Gasteiger partial charge on any atom is 0.274 e. The van der Waals surface area contributed by atoms with E-state index in [1.165, 1.54) is 39.5 Å². The summed E-state index contributed by atoms with van der Waals surface area (Å²) in [6.45, 7) is 3.72. The second kappa shape index (κ2) is 9.97. The van der Waals surface area contributed by atoms with Gasteiger partial charge in [-0.05, 0) is 43.7 Å². The number of aromatic nitrogens is 1.